The van der Waals surface area contributed by atoms with Gasteiger partial charge in [0, 0.05) is 31.9 Å². The summed E-state index contributed by atoms with van der Waals surface area (Å²) in [7, 11) is -0.913. The molecule has 5 nitrogen and oxygen atoms in total. The number of sulfone groups is 1. The van der Waals surface area contributed by atoms with Crippen LogP contribution >= 0.6 is 0 Å². The number of rotatable bonds is 5. The van der Waals surface area contributed by atoms with Crippen LogP contribution < -0.4 is 10.2 Å². The Kier molecular flexibility index (Phi) is 3.92. The quantitative estimate of drug-likeness (QED) is 0.887. The summed E-state index contributed by atoms with van der Waals surface area (Å²) < 4.78 is 23.2. The summed E-state index contributed by atoms with van der Waals surface area (Å²) in [5, 5.41) is 3.48. The Balaban J connectivity index is 1.69. The zero-order chi connectivity index (χ0) is 15.0. The van der Waals surface area contributed by atoms with Crippen LogP contribution in [0.3, 0.4) is 0 Å². The molecule has 0 spiro atoms. The van der Waals surface area contributed by atoms with E-state index in [1.807, 2.05) is 25.1 Å². The molecule has 0 radical (unpaired) electrons. The third-order valence-corrected chi connectivity index (χ3v) is 6.12. The van der Waals surface area contributed by atoms with Gasteiger partial charge in [-0.15, -0.1) is 0 Å². The molecule has 2 aliphatic rings. The Morgan fingerprint density at radius 2 is 2.14 bits per heavy atom. The molecule has 1 unspecified atom stereocenters. The topological polar surface area (TPSA) is 62.3 Å². The monoisotopic (exact) mass is 309 g/mol. The fourth-order valence-electron chi connectivity index (χ4n) is 2.90. The van der Waals surface area contributed by atoms with Crippen molar-refractivity contribution in [3.8, 4) is 0 Å². The lowest BCUT2D eigenvalue weighted by atomic mass is 10.1. The first kappa shape index (κ1) is 14.8. The van der Waals surface area contributed by atoms with Crippen molar-refractivity contribution in [2.75, 3.05) is 23.5 Å². The smallest absolute Gasteiger partial charge is 0.152 e. The molecule has 21 heavy (non-hydrogen) atoms. The molecule has 0 aromatic carbocycles. The Bertz CT molecular complexity index is 626. The SMILES string of the molecule is Cc1cc(CNC2CC2)cnc1N(C)C1CCS(=O)(=O)C1. The highest BCUT2D eigenvalue weighted by Crippen LogP contribution is 2.25. The van der Waals surface area contributed by atoms with Crippen molar-refractivity contribution in [2.24, 2.45) is 0 Å². The lowest BCUT2D eigenvalue weighted by Crippen LogP contribution is -2.33. The van der Waals surface area contributed by atoms with Gasteiger partial charge in [0.1, 0.15) is 5.82 Å². The summed E-state index contributed by atoms with van der Waals surface area (Å²) in [6, 6.07) is 2.89. The molecule has 6 heteroatoms. The van der Waals surface area contributed by atoms with E-state index in [0.717, 1.165) is 17.9 Å². The summed E-state index contributed by atoms with van der Waals surface area (Å²) in [4.78, 5) is 6.59. The molecular formula is C15H23N3O2S. The van der Waals surface area contributed by atoms with Gasteiger partial charge in [0.05, 0.1) is 11.5 Å². The molecule has 116 valence electrons. The highest BCUT2D eigenvalue weighted by atomic mass is 32.2. The molecule has 1 N–H and O–H groups in total. The lowest BCUT2D eigenvalue weighted by Gasteiger charge is -2.26. The van der Waals surface area contributed by atoms with E-state index < -0.39 is 9.84 Å². The standard InChI is InChI=1S/C15H23N3O2S/c1-11-7-12(8-16-13-3-4-13)9-17-15(11)18(2)14-5-6-21(19,20)10-14/h7,9,13-14,16H,3-6,8,10H2,1-2H3. The van der Waals surface area contributed by atoms with E-state index in [1.165, 1.54) is 18.4 Å². The van der Waals surface area contributed by atoms with Crippen LogP contribution in [0.15, 0.2) is 12.3 Å². The van der Waals surface area contributed by atoms with E-state index in [9.17, 15) is 8.42 Å². The number of hydrogen-bond acceptors (Lipinski definition) is 5. The van der Waals surface area contributed by atoms with Crippen LogP contribution in [0.2, 0.25) is 0 Å². The van der Waals surface area contributed by atoms with E-state index in [-0.39, 0.29) is 11.8 Å². The van der Waals surface area contributed by atoms with Crippen LogP contribution in [0.25, 0.3) is 0 Å². The molecule has 1 saturated carbocycles. The van der Waals surface area contributed by atoms with Crippen LogP contribution in [0.5, 0.6) is 0 Å². The first-order valence-electron chi connectivity index (χ1n) is 7.57. The van der Waals surface area contributed by atoms with Crippen LogP contribution in [0.1, 0.15) is 30.4 Å². The third-order valence-electron chi connectivity index (χ3n) is 4.37. The number of anilines is 1. The first-order valence-corrected chi connectivity index (χ1v) is 9.39. The molecule has 1 aliphatic carbocycles. The maximum atomic E-state index is 11.6. The molecule has 0 amide bonds. The van der Waals surface area contributed by atoms with Crippen LogP contribution in [-0.4, -0.2) is 44.0 Å². The van der Waals surface area contributed by atoms with Crippen molar-refractivity contribution in [3.05, 3.63) is 23.4 Å². The van der Waals surface area contributed by atoms with E-state index in [4.69, 9.17) is 0 Å². The van der Waals surface area contributed by atoms with E-state index >= 15 is 0 Å². The van der Waals surface area contributed by atoms with Gasteiger partial charge in [-0.25, -0.2) is 13.4 Å². The van der Waals surface area contributed by atoms with Crippen molar-refractivity contribution in [3.63, 3.8) is 0 Å². The van der Waals surface area contributed by atoms with Gasteiger partial charge >= 0.3 is 0 Å². The molecular weight excluding hydrogens is 286 g/mol. The van der Waals surface area contributed by atoms with Crippen molar-refractivity contribution < 1.29 is 8.42 Å². The van der Waals surface area contributed by atoms with E-state index in [2.05, 4.69) is 16.4 Å². The highest BCUT2D eigenvalue weighted by Gasteiger charge is 2.31. The van der Waals surface area contributed by atoms with Crippen molar-refractivity contribution in [1.82, 2.24) is 10.3 Å². The number of aromatic nitrogens is 1. The molecule has 2 heterocycles. The molecule has 1 aliphatic heterocycles. The average molecular weight is 309 g/mol. The van der Waals surface area contributed by atoms with Crippen LogP contribution in [0.4, 0.5) is 5.82 Å². The fourth-order valence-corrected chi connectivity index (χ4v) is 4.67. The van der Waals surface area contributed by atoms with E-state index in [1.54, 1.807) is 0 Å². The van der Waals surface area contributed by atoms with Gasteiger partial charge in [0.2, 0.25) is 0 Å². The van der Waals surface area contributed by atoms with Crippen LogP contribution in [-0.2, 0) is 16.4 Å². The zero-order valence-corrected chi connectivity index (χ0v) is 13.5. The van der Waals surface area contributed by atoms with Crippen molar-refractivity contribution in [2.45, 2.75) is 44.8 Å². The van der Waals surface area contributed by atoms with E-state index in [0.29, 0.717) is 18.2 Å². The first-order chi connectivity index (χ1) is 9.94. The molecule has 1 atom stereocenters. The number of pyridine rings is 1. The van der Waals surface area contributed by atoms with Crippen LogP contribution in [0, 0.1) is 6.92 Å². The number of hydrogen-bond donors (Lipinski definition) is 1. The predicted octanol–water partition coefficient (Wildman–Crippen LogP) is 1.27. The van der Waals surface area contributed by atoms with Gasteiger partial charge in [0.25, 0.3) is 0 Å². The number of nitrogens with one attached hydrogen (secondary N) is 1. The Morgan fingerprint density at radius 1 is 1.38 bits per heavy atom. The molecule has 1 aromatic heterocycles. The minimum Gasteiger partial charge on any atom is -0.355 e. The summed E-state index contributed by atoms with van der Waals surface area (Å²) in [5.41, 5.74) is 2.30. The Hall–Kier alpha value is -1.14. The van der Waals surface area contributed by atoms with Crippen molar-refractivity contribution >= 4 is 15.7 Å². The second kappa shape index (κ2) is 5.57. The zero-order valence-electron chi connectivity index (χ0n) is 12.7. The second-order valence-electron chi connectivity index (χ2n) is 6.31. The lowest BCUT2D eigenvalue weighted by molar-refractivity contribution is 0.600. The molecule has 0 bridgehead atoms. The Labute approximate surface area is 126 Å². The fraction of sp³-hybridized carbons (Fsp3) is 0.667. The number of nitrogens with zero attached hydrogens (tertiary/aromatic N) is 2. The molecule has 2 fully saturated rings. The predicted molar refractivity (Wildman–Crippen MR) is 84.3 cm³/mol. The summed E-state index contributed by atoms with van der Waals surface area (Å²) in [6.07, 6.45) is 5.16. The molecule has 1 aromatic rings. The highest BCUT2D eigenvalue weighted by molar-refractivity contribution is 7.91. The summed E-state index contributed by atoms with van der Waals surface area (Å²) >= 11 is 0. The third kappa shape index (κ3) is 3.55. The largest absolute Gasteiger partial charge is 0.355 e. The normalized spacial score (nSPS) is 24.2. The van der Waals surface area contributed by atoms with Gasteiger partial charge in [-0.3, -0.25) is 0 Å². The molecule has 3 rings (SSSR count). The maximum absolute atomic E-state index is 11.6. The van der Waals surface area contributed by atoms with Crippen molar-refractivity contribution in [1.29, 1.82) is 0 Å². The average Bonchev–Trinajstić information content (AvgIpc) is 3.18. The van der Waals surface area contributed by atoms with Gasteiger partial charge in [-0.2, -0.15) is 0 Å². The second-order valence-corrected chi connectivity index (χ2v) is 8.54. The summed E-state index contributed by atoms with van der Waals surface area (Å²) in [5.74, 6) is 1.44. The van der Waals surface area contributed by atoms with Gasteiger partial charge in [-0.05, 0) is 43.4 Å². The molecule has 1 saturated heterocycles. The minimum absolute atomic E-state index is 0.0524. The van der Waals surface area contributed by atoms with Gasteiger partial charge < -0.3 is 10.2 Å². The number of aryl methyl sites for hydroxylation is 1. The van der Waals surface area contributed by atoms with Gasteiger partial charge in [0.15, 0.2) is 9.84 Å². The minimum atomic E-state index is -2.86. The summed E-state index contributed by atoms with van der Waals surface area (Å²) in [6.45, 7) is 2.91. The van der Waals surface area contributed by atoms with Gasteiger partial charge in [-0.1, -0.05) is 0 Å². The maximum Gasteiger partial charge on any atom is 0.152 e. The Morgan fingerprint density at radius 3 is 2.71 bits per heavy atom.